The molecule has 1 aliphatic rings. The summed E-state index contributed by atoms with van der Waals surface area (Å²) in [5.41, 5.74) is 3.93. The van der Waals surface area contributed by atoms with Crippen LogP contribution in [0.5, 0.6) is 0 Å². The van der Waals surface area contributed by atoms with E-state index >= 15 is 0 Å². The van der Waals surface area contributed by atoms with E-state index in [1.807, 2.05) is 6.20 Å². The van der Waals surface area contributed by atoms with Gasteiger partial charge in [0, 0.05) is 54.6 Å². The van der Waals surface area contributed by atoms with Crippen LogP contribution < -0.4 is 4.90 Å². The van der Waals surface area contributed by atoms with E-state index in [2.05, 4.69) is 79.2 Å². The number of rotatable bonds is 3. The van der Waals surface area contributed by atoms with Gasteiger partial charge in [0.15, 0.2) is 0 Å². The Labute approximate surface area is 145 Å². The molecule has 0 radical (unpaired) electrons. The Bertz CT molecular complexity index is 786. The molecule has 0 unspecified atom stereocenters. The fraction of sp³-hybridized carbons (Fsp3) is 0.263. The summed E-state index contributed by atoms with van der Waals surface area (Å²) in [6.45, 7) is 5.44. The number of anilines is 1. The van der Waals surface area contributed by atoms with E-state index in [0.717, 1.165) is 37.2 Å². The summed E-state index contributed by atoms with van der Waals surface area (Å²) >= 11 is 3.50. The van der Waals surface area contributed by atoms with Crippen LogP contribution in [-0.4, -0.2) is 36.1 Å². The van der Waals surface area contributed by atoms with Gasteiger partial charge >= 0.3 is 0 Å². The molecule has 0 bridgehead atoms. The summed E-state index contributed by atoms with van der Waals surface area (Å²) in [4.78, 5) is 8.27. The lowest BCUT2D eigenvalue weighted by Gasteiger charge is -2.36. The van der Waals surface area contributed by atoms with Gasteiger partial charge in [-0.25, -0.2) is 0 Å². The van der Waals surface area contributed by atoms with Crippen molar-refractivity contribution >= 4 is 32.5 Å². The maximum atomic E-state index is 3.50. The Kier molecular flexibility index (Phi) is 4.10. The number of nitrogens with zero attached hydrogens (tertiary/aromatic N) is 2. The van der Waals surface area contributed by atoms with Crippen molar-refractivity contribution in [1.29, 1.82) is 0 Å². The first-order chi connectivity index (χ1) is 11.3. The van der Waals surface area contributed by atoms with E-state index in [9.17, 15) is 0 Å². The van der Waals surface area contributed by atoms with Gasteiger partial charge in [-0.2, -0.15) is 0 Å². The molecule has 1 N–H and O–H groups in total. The zero-order chi connectivity index (χ0) is 15.6. The molecular formula is C19H20BrN3. The number of piperazine rings is 1. The summed E-state index contributed by atoms with van der Waals surface area (Å²) in [7, 11) is 0. The molecule has 0 atom stereocenters. The van der Waals surface area contributed by atoms with E-state index in [-0.39, 0.29) is 0 Å². The van der Waals surface area contributed by atoms with Gasteiger partial charge in [0.2, 0.25) is 0 Å². The molecule has 2 aromatic carbocycles. The maximum absolute atomic E-state index is 3.50. The van der Waals surface area contributed by atoms with Crippen molar-refractivity contribution in [3.8, 4) is 0 Å². The molecule has 1 aromatic heterocycles. The molecule has 1 saturated heterocycles. The first-order valence-corrected chi connectivity index (χ1v) is 8.86. The van der Waals surface area contributed by atoms with Crippen LogP contribution in [-0.2, 0) is 6.54 Å². The van der Waals surface area contributed by atoms with Crippen LogP contribution in [0.4, 0.5) is 5.69 Å². The molecule has 0 spiro atoms. The summed E-state index contributed by atoms with van der Waals surface area (Å²) in [5.74, 6) is 0. The smallest absolute Gasteiger partial charge is 0.0454 e. The van der Waals surface area contributed by atoms with Gasteiger partial charge in [-0.05, 0) is 53.4 Å². The van der Waals surface area contributed by atoms with Crippen molar-refractivity contribution in [1.82, 2.24) is 9.88 Å². The van der Waals surface area contributed by atoms with Gasteiger partial charge in [-0.3, -0.25) is 4.90 Å². The summed E-state index contributed by atoms with van der Waals surface area (Å²) in [6, 6.07) is 17.5. The Morgan fingerprint density at radius 2 is 1.70 bits per heavy atom. The average Bonchev–Trinajstić information content (AvgIpc) is 3.04. The van der Waals surface area contributed by atoms with Crippen LogP contribution in [0, 0.1) is 0 Å². The monoisotopic (exact) mass is 369 g/mol. The second-order valence-corrected chi connectivity index (χ2v) is 7.05. The minimum absolute atomic E-state index is 1.04. The second kappa shape index (κ2) is 6.38. The number of hydrogen-bond donors (Lipinski definition) is 1. The van der Waals surface area contributed by atoms with Crippen LogP contribution >= 0.6 is 15.9 Å². The highest BCUT2D eigenvalue weighted by molar-refractivity contribution is 9.10. The van der Waals surface area contributed by atoms with Crippen molar-refractivity contribution in [2.75, 3.05) is 31.1 Å². The minimum atomic E-state index is 1.04. The van der Waals surface area contributed by atoms with Crippen LogP contribution in [0.3, 0.4) is 0 Å². The normalized spacial score (nSPS) is 16.1. The number of aromatic nitrogens is 1. The predicted octanol–water partition coefficient (Wildman–Crippen LogP) is 4.25. The third kappa shape index (κ3) is 3.28. The zero-order valence-corrected chi connectivity index (χ0v) is 14.6. The SMILES string of the molecule is Brc1ccc(N2CCN(Cc3ccc4[nH]ccc4c3)CC2)cc1. The van der Waals surface area contributed by atoms with Gasteiger partial charge in [-0.15, -0.1) is 0 Å². The summed E-state index contributed by atoms with van der Waals surface area (Å²) in [5, 5.41) is 1.30. The van der Waals surface area contributed by atoms with Gasteiger partial charge in [-0.1, -0.05) is 22.0 Å². The lowest BCUT2D eigenvalue weighted by Crippen LogP contribution is -2.45. The van der Waals surface area contributed by atoms with Crippen molar-refractivity contribution in [2.24, 2.45) is 0 Å². The number of benzene rings is 2. The number of fused-ring (bicyclic) bond motifs is 1. The number of aromatic amines is 1. The summed E-state index contributed by atoms with van der Waals surface area (Å²) < 4.78 is 1.14. The molecule has 1 fully saturated rings. The Balaban J connectivity index is 1.38. The van der Waals surface area contributed by atoms with Crippen molar-refractivity contribution in [3.05, 3.63) is 64.8 Å². The molecule has 4 rings (SSSR count). The van der Waals surface area contributed by atoms with Gasteiger partial charge in [0.05, 0.1) is 0 Å². The molecule has 4 heteroatoms. The van der Waals surface area contributed by atoms with Crippen LogP contribution in [0.15, 0.2) is 59.2 Å². The second-order valence-electron chi connectivity index (χ2n) is 6.14. The highest BCUT2D eigenvalue weighted by Crippen LogP contribution is 2.21. The fourth-order valence-corrected chi connectivity index (χ4v) is 3.54. The van der Waals surface area contributed by atoms with Gasteiger partial charge in [0.25, 0.3) is 0 Å². The van der Waals surface area contributed by atoms with Gasteiger partial charge < -0.3 is 9.88 Å². The third-order valence-corrected chi connectivity index (χ3v) is 5.12. The molecule has 0 aliphatic carbocycles. The topological polar surface area (TPSA) is 22.3 Å². The van der Waals surface area contributed by atoms with E-state index in [1.54, 1.807) is 0 Å². The third-order valence-electron chi connectivity index (χ3n) is 4.59. The first-order valence-electron chi connectivity index (χ1n) is 8.07. The molecule has 2 heterocycles. The lowest BCUT2D eigenvalue weighted by molar-refractivity contribution is 0.250. The van der Waals surface area contributed by atoms with Crippen LogP contribution in [0.25, 0.3) is 10.9 Å². The average molecular weight is 370 g/mol. The molecule has 3 nitrogen and oxygen atoms in total. The minimum Gasteiger partial charge on any atom is -0.369 e. The molecule has 0 amide bonds. The van der Waals surface area contributed by atoms with E-state index in [4.69, 9.17) is 0 Å². The number of halogens is 1. The van der Waals surface area contributed by atoms with Crippen molar-refractivity contribution in [2.45, 2.75) is 6.54 Å². The largest absolute Gasteiger partial charge is 0.369 e. The van der Waals surface area contributed by atoms with Crippen LogP contribution in [0.1, 0.15) is 5.56 Å². The first kappa shape index (κ1) is 14.8. The molecule has 118 valence electrons. The fourth-order valence-electron chi connectivity index (χ4n) is 3.28. The lowest BCUT2D eigenvalue weighted by atomic mass is 10.1. The van der Waals surface area contributed by atoms with E-state index < -0.39 is 0 Å². The molecule has 1 aliphatic heterocycles. The number of nitrogens with one attached hydrogen (secondary N) is 1. The zero-order valence-electron chi connectivity index (χ0n) is 13.0. The highest BCUT2D eigenvalue weighted by atomic mass is 79.9. The van der Waals surface area contributed by atoms with Crippen LogP contribution in [0.2, 0.25) is 0 Å². The van der Waals surface area contributed by atoms with Crippen molar-refractivity contribution < 1.29 is 0 Å². The molecular weight excluding hydrogens is 350 g/mol. The molecule has 23 heavy (non-hydrogen) atoms. The Hall–Kier alpha value is -1.78. The Morgan fingerprint density at radius 3 is 2.48 bits per heavy atom. The predicted molar refractivity (Wildman–Crippen MR) is 99.9 cm³/mol. The van der Waals surface area contributed by atoms with E-state index in [0.29, 0.717) is 0 Å². The van der Waals surface area contributed by atoms with Gasteiger partial charge in [0.1, 0.15) is 0 Å². The molecule has 0 saturated carbocycles. The summed E-state index contributed by atoms with van der Waals surface area (Å²) in [6.07, 6.45) is 2.01. The number of H-pyrrole nitrogens is 1. The Morgan fingerprint density at radius 1 is 0.913 bits per heavy atom. The van der Waals surface area contributed by atoms with Crippen molar-refractivity contribution in [3.63, 3.8) is 0 Å². The number of hydrogen-bond acceptors (Lipinski definition) is 2. The van der Waals surface area contributed by atoms with E-state index in [1.165, 1.54) is 22.2 Å². The molecule has 3 aromatic rings. The highest BCUT2D eigenvalue weighted by Gasteiger charge is 2.17. The standard InChI is InChI=1S/C19H20BrN3/c20-17-2-4-18(5-3-17)23-11-9-22(10-12-23)14-15-1-6-19-16(13-15)7-8-21-19/h1-8,13,21H,9-12,14H2. The maximum Gasteiger partial charge on any atom is 0.0454 e. The quantitative estimate of drug-likeness (QED) is 0.745.